The van der Waals surface area contributed by atoms with Crippen LogP contribution in [0, 0.1) is 0 Å². The van der Waals surface area contributed by atoms with E-state index >= 15 is 0 Å². The Balaban J connectivity index is 1.45. The fourth-order valence-electron chi connectivity index (χ4n) is 2.81. The number of rotatable bonds is 4. The molecule has 8 heteroatoms. The molecule has 0 unspecified atom stereocenters. The van der Waals surface area contributed by atoms with E-state index in [1.807, 2.05) is 22.9 Å². The Morgan fingerprint density at radius 1 is 1.31 bits per heavy atom. The summed E-state index contributed by atoms with van der Waals surface area (Å²) in [7, 11) is 0. The van der Waals surface area contributed by atoms with Gasteiger partial charge in [0.05, 0.1) is 12.0 Å². The van der Waals surface area contributed by atoms with Gasteiger partial charge in [-0.15, -0.1) is 0 Å². The van der Waals surface area contributed by atoms with E-state index in [1.165, 1.54) is 11.3 Å². The minimum absolute atomic E-state index is 0.112. The lowest BCUT2D eigenvalue weighted by atomic mass is 10.1. The average Bonchev–Trinajstić information content (AvgIpc) is 3.26. The van der Waals surface area contributed by atoms with Crippen LogP contribution in [0.3, 0.4) is 0 Å². The molecule has 0 saturated heterocycles. The second-order valence-electron chi connectivity index (χ2n) is 6.04. The predicted molar refractivity (Wildman–Crippen MR) is 98.5 cm³/mol. The molecule has 132 valence electrons. The van der Waals surface area contributed by atoms with Crippen LogP contribution in [0.4, 0.5) is 5.13 Å². The smallest absolute Gasteiger partial charge is 0.263 e. The molecule has 3 aromatic rings. The van der Waals surface area contributed by atoms with E-state index in [-0.39, 0.29) is 11.8 Å². The number of nitrogens with one attached hydrogen (secondary N) is 2. The van der Waals surface area contributed by atoms with Gasteiger partial charge in [-0.1, -0.05) is 23.5 Å². The molecule has 1 aliphatic heterocycles. The van der Waals surface area contributed by atoms with Gasteiger partial charge in [0.1, 0.15) is 4.88 Å². The summed E-state index contributed by atoms with van der Waals surface area (Å²) in [5.74, 6) is -0.345. The number of hydrogen-bond acceptors (Lipinski definition) is 5. The third-order valence-electron chi connectivity index (χ3n) is 4.14. The second kappa shape index (κ2) is 7.09. The Morgan fingerprint density at radius 2 is 2.15 bits per heavy atom. The van der Waals surface area contributed by atoms with Gasteiger partial charge < -0.3 is 9.88 Å². The summed E-state index contributed by atoms with van der Waals surface area (Å²) in [6, 6.07) is 7.40. The van der Waals surface area contributed by atoms with Crippen LogP contribution in [0.5, 0.6) is 0 Å². The van der Waals surface area contributed by atoms with Crippen molar-refractivity contribution < 1.29 is 9.59 Å². The Kier molecular flexibility index (Phi) is 4.49. The number of benzene rings is 1. The second-order valence-corrected chi connectivity index (χ2v) is 7.04. The van der Waals surface area contributed by atoms with Gasteiger partial charge in [-0.25, -0.2) is 9.97 Å². The monoisotopic (exact) mass is 367 g/mol. The van der Waals surface area contributed by atoms with Gasteiger partial charge in [-0.3, -0.25) is 14.9 Å². The molecule has 2 amide bonds. The topological polar surface area (TPSA) is 88.9 Å². The average molecular weight is 367 g/mol. The van der Waals surface area contributed by atoms with Crippen molar-refractivity contribution in [2.75, 3.05) is 11.9 Å². The first-order valence-electron chi connectivity index (χ1n) is 8.33. The fourth-order valence-corrected chi connectivity index (χ4v) is 3.74. The first-order valence-corrected chi connectivity index (χ1v) is 9.14. The SMILES string of the molecule is O=C(Nc1nc2c(s1)C(=O)NCCC2)c1ccc(Cn2ccnc2)cc1. The van der Waals surface area contributed by atoms with Crippen LogP contribution >= 0.6 is 11.3 Å². The summed E-state index contributed by atoms with van der Waals surface area (Å²) >= 11 is 1.22. The molecule has 0 radical (unpaired) electrons. The molecule has 2 aromatic heterocycles. The van der Waals surface area contributed by atoms with Crippen molar-refractivity contribution in [1.82, 2.24) is 19.9 Å². The van der Waals surface area contributed by atoms with Crippen molar-refractivity contribution in [3.8, 4) is 0 Å². The van der Waals surface area contributed by atoms with Gasteiger partial charge in [0.25, 0.3) is 11.8 Å². The third kappa shape index (κ3) is 3.50. The van der Waals surface area contributed by atoms with Crippen LogP contribution in [0.15, 0.2) is 43.0 Å². The maximum absolute atomic E-state index is 12.4. The zero-order valence-electron chi connectivity index (χ0n) is 13.9. The van der Waals surface area contributed by atoms with Crippen molar-refractivity contribution in [2.24, 2.45) is 0 Å². The van der Waals surface area contributed by atoms with Gasteiger partial charge >= 0.3 is 0 Å². The molecular formula is C18H17N5O2S. The van der Waals surface area contributed by atoms with E-state index in [1.54, 1.807) is 24.7 Å². The number of amides is 2. The maximum Gasteiger partial charge on any atom is 0.263 e. The lowest BCUT2D eigenvalue weighted by Gasteiger charge is -2.05. The van der Waals surface area contributed by atoms with Crippen LogP contribution in [-0.2, 0) is 13.0 Å². The lowest BCUT2D eigenvalue weighted by molar-refractivity contribution is 0.0958. The van der Waals surface area contributed by atoms with E-state index in [0.29, 0.717) is 28.7 Å². The highest BCUT2D eigenvalue weighted by atomic mass is 32.1. The summed E-state index contributed by atoms with van der Waals surface area (Å²) in [4.78, 5) is 33.4. The zero-order valence-corrected chi connectivity index (χ0v) is 14.8. The van der Waals surface area contributed by atoms with Gasteiger partial charge in [-0.05, 0) is 30.5 Å². The van der Waals surface area contributed by atoms with Crippen LogP contribution in [0.25, 0.3) is 0 Å². The molecule has 0 aliphatic carbocycles. The minimum atomic E-state index is -0.233. The molecule has 0 atom stereocenters. The summed E-state index contributed by atoms with van der Waals surface area (Å²) in [6.45, 7) is 1.37. The number of fused-ring (bicyclic) bond motifs is 1. The van der Waals surface area contributed by atoms with E-state index in [4.69, 9.17) is 0 Å². The van der Waals surface area contributed by atoms with Crippen LogP contribution in [-0.4, -0.2) is 32.9 Å². The quantitative estimate of drug-likeness (QED) is 0.741. The van der Waals surface area contributed by atoms with E-state index < -0.39 is 0 Å². The normalized spacial score (nSPS) is 13.6. The van der Waals surface area contributed by atoms with Crippen LogP contribution < -0.4 is 10.6 Å². The Hall–Kier alpha value is -3.00. The molecule has 0 fully saturated rings. The zero-order chi connectivity index (χ0) is 17.9. The summed E-state index contributed by atoms with van der Waals surface area (Å²) in [6.07, 6.45) is 6.97. The molecule has 2 N–H and O–H groups in total. The number of thiazole rings is 1. The molecule has 7 nitrogen and oxygen atoms in total. The summed E-state index contributed by atoms with van der Waals surface area (Å²) in [5, 5.41) is 6.09. The third-order valence-corrected chi connectivity index (χ3v) is 5.15. The number of nitrogens with zero attached hydrogens (tertiary/aromatic N) is 3. The predicted octanol–water partition coefficient (Wildman–Crippen LogP) is 2.32. The highest BCUT2D eigenvalue weighted by Gasteiger charge is 2.21. The Bertz CT molecular complexity index is 931. The maximum atomic E-state index is 12.4. The molecule has 1 aromatic carbocycles. The van der Waals surface area contributed by atoms with Crippen molar-refractivity contribution >= 4 is 28.3 Å². The molecule has 26 heavy (non-hydrogen) atoms. The first-order chi connectivity index (χ1) is 12.7. The lowest BCUT2D eigenvalue weighted by Crippen LogP contribution is -2.21. The molecule has 1 aliphatic rings. The highest BCUT2D eigenvalue weighted by molar-refractivity contribution is 7.17. The van der Waals surface area contributed by atoms with Crippen molar-refractivity contribution in [3.63, 3.8) is 0 Å². The number of anilines is 1. The van der Waals surface area contributed by atoms with Gasteiger partial charge in [0.15, 0.2) is 5.13 Å². The molecule has 4 rings (SSSR count). The van der Waals surface area contributed by atoms with Crippen molar-refractivity contribution in [1.29, 1.82) is 0 Å². The van der Waals surface area contributed by atoms with Gasteiger partial charge in [0, 0.05) is 31.0 Å². The summed E-state index contributed by atoms with van der Waals surface area (Å²) < 4.78 is 1.96. The number of aryl methyl sites for hydroxylation is 1. The number of hydrogen-bond donors (Lipinski definition) is 2. The highest BCUT2D eigenvalue weighted by Crippen LogP contribution is 2.26. The van der Waals surface area contributed by atoms with E-state index in [2.05, 4.69) is 20.6 Å². The fraction of sp³-hybridized carbons (Fsp3) is 0.222. The number of imidazole rings is 1. The molecule has 3 heterocycles. The Labute approximate surface area is 154 Å². The molecular weight excluding hydrogens is 350 g/mol. The molecule has 0 saturated carbocycles. The van der Waals surface area contributed by atoms with Gasteiger partial charge in [0.2, 0.25) is 0 Å². The van der Waals surface area contributed by atoms with Crippen LogP contribution in [0.1, 0.15) is 37.7 Å². The standard InChI is InChI=1S/C18H17N5O2S/c24-16(13-5-3-12(4-6-13)10-23-9-8-19-11-23)22-18-21-14-2-1-7-20-17(25)15(14)26-18/h3-6,8-9,11H,1-2,7,10H2,(H,20,25)(H,21,22,24). The number of aromatic nitrogens is 3. The van der Waals surface area contributed by atoms with Crippen molar-refractivity contribution in [2.45, 2.75) is 19.4 Å². The van der Waals surface area contributed by atoms with Gasteiger partial charge in [-0.2, -0.15) is 0 Å². The number of carbonyl (C=O) groups excluding carboxylic acids is 2. The largest absolute Gasteiger partial charge is 0.351 e. The van der Waals surface area contributed by atoms with E-state index in [9.17, 15) is 9.59 Å². The Morgan fingerprint density at radius 3 is 2.92 bits per heavy atom. The van der Waals surface area contributed by atoms with E-state index in [0.717, 1.165) is 24.1 Å². The minimum Gasteiger partial charge on any atom is -0.351 e. The summed E-state index contributed by atoms with van der Waals surface area (Å²) in [5.41, 5.74) is 2.39. The first kappa shape index (κ1) is 16.5. The molecule has 0 bridgehead atoms. The van der Waals surface area contributed by atoms with Crippen molar-refractivity contribution in [3.05, 3.63) is 64.7 Å². The number of carbonyl (C=O) groups is 2. The molecule has 0 spiro atoms. The van der Waals surface area contributed by atoms with Crippen LogP contribution in [0.2, 0.25) is 0 Å².